The van der Waals surface area contributed by atoms with Crippen LogP contribution in [-0.2, 0) is 0 Å². The summed E-state index contributed by atoms with van der Waals surface area (Å²) in [5.41, 5.74) is 4.71. The maximum atomic E-state index is 13.4. The van der Waals surface area contributed by atoms with E-state index in [0.29, 0.717) is 34.1 Å². The van der Waals surface area contributed by atoms with E-state index in [1.165, 1.54) is 11.6 Å². The Kier molecular flexibility index (Phi) is 12.8. The van der Waals surface area contributed by atoms with Gasteiger partial charge < -0.3 is 18.0 Å². The molecule has 4 nitrogen and oxygen atoms in total. The van der Waals surface area contributed by atoms with E-state index in [-0.39, 0.29) is 5.82 Å². The van der Waals surface area contributed by atoms with E-state index in [9.17, 15) is 4.39 Å². The molecule has 0 N–H and O–H groups in total. The van der Waals surface area contributed by atoms with E-state index in [1.807, 2.05) is 87.7 Å². The van der Waals surface area contributed by atoms with E-state index in [2.05, 4.69) is 33.8 Å². The molecule has 0 aliphatic rings. The second-order valence-electron chi connectivity index (χ2n) is 12.4. The molecule has 0 unspecified atom stereocenters. The lowest BCUT2D eigenvalue weighted by molar-refractivity contribution is 0.414. The van der Waals surface area contributed by atoms with E-state index in [0.717, 1.165) is 50.5 Å². The molecule has 6 rings (SSSR count). The van der Waals surface area contributed by atoms with Crippen LogP contribution in [-0.4, -0.2) is 7.11 Å². The van der Waals surface area contributed by atoms with Crippen molar-refractivity contribution in [2.75, 3.05) is 7.11 Å². The van der Waals surface area contributed by atoms with Gasteiger partial charge in [-0.3, -0.25) is 0 Å². The van der Waals surface area contributed by atoms with Gasteiger partial charge in [0.25, 0.3) is 0 Å². The Morgan fingerprint density at radius 2 is 1.25 bits per heavy atom. The van der Waals surface area contributed by atoms with Crippen molar-refractivity contribution >= 4 is 23.2 Å². The fraction of sp³-hybridized carbons (Fsp3) is 0.268. The van der Waals surface area contributed by atoms with Gasteiger partial charge in [-0.25, -0.2) is 4.39 Å². The number of methoxy groups -OCH3 is 1. The molecule has 6 aromatic rings. The zero-order valence-electron chi connectivity index (χ0n) is 28.7. The van der Waals surface area contributed by atoms with Crippen LogP contribution in [0.4, 0.5) is 4.39 Å². The summed E-state index contributed by atoms with van der Waals surface area (Å²) in [4.78, 5) is 0. The van der Waals surface area contributed by atoms with Gasteiger partial charge in [0.15, 0.2) is 0 Å². The number of rotatable bonds is 7. The summed E-state index contributed by atoms with van der Waals surface area (Å²) in [5, 5.41) is 1.44. The highest BCUT2D eigenvalue weighted by molar-refractivity contribution is 6.33. The van der Waals surface area contributed by atoms with Gasteiger partial charge in [-0.1, -0.05) is 89.0 Å². The number of hydrogen-bond acceptors (Lipinski definition) is 4. The van der Waals surface area contributed by atoms with Gasteiger partial charge in [-0.2, -0.15) is 0 Å². The predicted molar refractivity (Wildman–Crippen MR) is 196 cm³/mol. The Bertz CT molecular complexity index is 1910. The molecule has 0 bridgehead atoms. The first-order chi connectivity index (χ1) is 22.9. The number of hydrogen-bond donors (Lipinski definition) is 0. The fourth-order valence-electron chi connectivity index (χ4n) is 4.65. The average molecular weight is 690 g/mol. The van der Waals surface area contributed by atoms with Crippen LogP contribution >= 0.6 is 23.2 Å². The maximum absolute atomic E-state index is 13.4. The summed E-state index contributed by atoms with van der Waals surface area (Å²) in [6.07, 6.45) is 1.81. The molecule has 3 heterocycles. The Hall–Kier alpha value is -4.19. The van der Waals surface area contributed by atoms with Gasteiger partial charge in [0, 0.05) is 28.0 Å². The van der Waals surface area contributed by atoms with Gasteiger partial charge in [-0.05, 0) is 90.7 Å². The third kappa shape index (κ3) is 9.46. The third-order valence-corrected chi connectivity index (χ3v) is 8.45. The van der Waals surface area contributed by atoms with Crippen molar-refractivity contribution in [3.63, 3.8) is 0 Å². The van der Waals surface area contributed by atoms with Crippen LogP contribution in [0.5, 0.6) is 5.75 Å². The first-order valence-corrected chi connectivity index (χ1v) is 16.8. The first-order valence-electron chi connectivity index (χ1n) is 16.0. The maximum Gasteiger partial charge on any atom is 0.137 e. The predicted octanol–water partition coefficient (Wildman–Crippen LogP) is 14.0. The quantitative estimate of drug-likeness (QED) is 0.167. The van der Waals surface area contributed by atoms with Crippen molar-refractivity contribution in [2.45, 2.75) is 66.2 Å². The molecule has 0 radical (unpaired) electrons. The van der Waals surface area contributed by atoms with Crippen molar-refractivity contribution in [2.24, 2.45) is 0 Å². The van der Waals surface area contributed by atoms with Crippen LogP contribution in [0.15, 0.2) is 111 Å². The van der Waals surface area contributed by atoms with Gasteiger partial charge in [0.05, 0.1) is 24.0 Å². The van der Waals surface area contributed by atoms with Crippen molar-refractivity contribution in [1.82, 2.24) is 0 Å². The molecule has 0 spiro atoms. The highest BCUT2D eigenvalue weighted by Crippen LogP contribution is 2.34. The van der Waals surface area contributed by atoms with Crippen LogP contribution in [0, 0.1) is 12.7 Å². The lowest BCUT2D eigenvalue weighted by atomic mass is 10.1. The van der Waals surface area contributed by atoms with E-state index in [4.69, 9.17) is 41.2 Å². The minimum atomic E-state index is -0.248. The van der Waals surface area contributed by atoms with Crippen LogP contribution in [0.25, 0.3) is 34.0 Å². The van der Waals surface area contributed by atoms with Crippen molar-refractivity contribution in [3.05, 3.63) is 136 Å². The van der Waals surface area contributed by atoms with Gasteiger partial charge in [0.1, 0.15) is 40.4 Å². The van der Waals surface area contributed by atoms with E-state index < -0.39 is 0 Å². The summed E-state index contributed by atoms with van der Waals surface area (Å²) in [6, 6.07) is 27.8. The highest BCUT2D eigenvalue weighted by Gasteiger charge is 2.13. The normalized spacial score (nSPS) is 11.0. The highest BCUT2D eigenvalue weighted by atomic mass is 35.5. The van der Waals surface area contributed by atoms with Crippen molar-refractivity contribution in [1.29, 1.82) is 0 Å². The Morgan fingerprint density at radius 1 is 0.625 bits per heavy atom. The van der Waals surface area contributed by atoms with Crippen LogP contribution < -0.4 is 4.74 Å². The molecule has 0 fully saturated rings. The van der Waals surface area contributed by atoms with Crippen LogP contribution in [0.2, 0.25) is 10.0 Å². The van der Waals surface area contributed by atoms with Crippen molar-refractivity contribution < 1.29 is 22.4 Å². The standard InChI is InChI=1S/C14H15ClO2.C14H15ClO.C13H13FO/c1-9(2)13-6-7-14(17-13)11-8-10(16-3)4-5-12(11)15;1-9(2)12-7-14(16-8-12)11-5-4-10(3)13(15)6-11;1-9(2)12-7-8-13(15-12)10-5-3-4-6-11(10)14/h4-9H,1-3H3;4-9H,1-3H3;3-9H,1-2H3. The van der Waals surface area contributed by atoms with Gasteiger partial charge in [0.2, 0.25) is 0 Å². The average Bonchev–Trinajstić information content (AvgIpc) is 3.85. The smallest absolute Gasteiger partial charge is 0.137 e. The summed E-state index contributed by atoms with van der Waals surface area (Å²) < 4.78 is 35.5. The van der Waals surface area contributed by atoms with E-state index >= 15 is 0 Å². The molecule has 48 heavy (non-hydrogen) atoms. The largest absolute Gasteiger partial charge is 0.497 e. The zero-order chi connectivity index (χ0) is 35.0. The number of aryl methyl sites for hydroxylation is 1. The van der Waals surface area contributed by atoms with Crippen molar-refractivity contribution in [3.8, 4) is 39.7 Å². The molecule has 0 atom stereocenters. The number of furan rings is 3. The molecular formula is C41H43Cl2FO4. The third-order valence-electron chi connectivity index (χ3n) is 7.71. The molecule has 0 amide bonds. The number of benzene rings is 3. The summed E-state index contributed by atoms with van der Waals surface area (Å²) in [6.45, 7) is 14.6. The molecule has 3 aromatic carbocycles. The van der Waals surface area contributed by atoms with Gasteiger partial charge >= 0.3 is 0 Å². The van der Waals surface area contributed by atoms with Crippen LogP contribution in [0.1, 0.15) is 81.9 Å². The monoisotopic (exact) mass is 688 g/mol. The molecule has 3 aromatic heterocycles. The molecule has 7 heteroatoms. The van der Waals surface area contributed by atoms with Gasteiger partial charge in [-0.15, -0.1) is 0 Å². The SMILES string of the molecule is CC(C)c1ccc(-c2ccccc2F)o1.COc1ccc(Cl)c(-c2ccc(C(C)C)o2)c1.Cc1ccc(-c2cc(C(C)C)co2)cc1Cl. The molecule has 0 saturated heterocycles. The van der Waals surface area contributed by atoms with Crippen LogP contribution in [0.3, 0.4) is 0 Å². The Morgan fingerprint density at radius 3 is 1.77 bits per heavy atom. The summed E-state index contributed by atoms with van der Waals surface area (Å²) >= 11 is 12.3. The second-order valence-corrected chi connectivity index (χ2v) is 13.2. The molecular weight excluding hydrogens is 646 g/mol. The fourth-order valence-corrected chi connectivity index (χ4v) is 5.04. The number of halogens is 3. The number of ether oxygens (including phenoxy) is 1. The molecule has 0 aliphatic heterocycles. The molecule has 0 saturated carbocycles. The Labute approximate surface area is 293 Å². The second kappa shape index (κ2) is 16.8. The van der Waals surface area contributed by atoms with E-state index in [1.54, 1.807) is 25.3 Å². The minimum absolute atomic E-state index is 0.248. The lowest BCUT2D eigenvalue weighted by Crippen LogP contribution is -1.84. The summed E-state index contributed by atoms with van der Waals surface area (Å²) in [7, 11) is 1.63. The summed E-state index contributed by atoms with van der Waals surface area (Å²) in [5.74, 6) is 5.79. The topological polar surface area (TPSA) is 48.7 Å². The molecule has 0 aliphatic carbocycles. The lowest BCUT2D eigenvalue weighted by Gasteiger charge is -2.05. The zero-order valence-corrected chi connectivity index (χ0v) is 30.2. The minimum Gasteiger partial charge on any atom is -0.497 e. The molecule has 252 valence electrons. The first kappa shape index (κ1) is 36.6. The Balaban J connectivity index is 0.000000163.